The highest BCUT2D eigenvalue weighted by Crippen LogP contribution is 2.33. The summed E-state index contributed by atoms with van der Waals surface area (Å²) in [6.07, 6.45) is 8.04. The van der Waals surface area contributed by atoms with E-state index in [9.17, 15) is 14.4 Å². The number of likely N-dealkylation sites (tertiary alicyclic amines) is 1. The molecule has 9 nitrogen and oxygen atoms in total. The number of hydrogen-bond acceptors (Lipinski definition) is 6. The van der Waals surface area contributed by atoms with Crippen LogP contribution in [0.15, 0.2) is 65.2 Å². The van der Waals surface area contributed by atoms with Gasteiger partial charge in [0.2, 0.25) is 0 Å². The Morgan fingerprint density at radius 3 is 2.50 bits per heavy atom. The maximum Gasteiger partial charge on any atom is 0.411 e. The van der Waals surface area contributed by atoms with E-state index in [2.05, 4.69) is 40.3 Å². The normalized spacial score (nSPS) is 17.2. The Labute approximate surface area is 246 Å². The van der Waals surface area contributed by atoms with Gasteiger partial charge in [0.25, 0.3) is 11.5 Å². The number of carbonyl (C=O) groups excluding carboxylic acids is 2. The summed E-state index contributed by atoms with van der Waals surface area (Å²) in [7, 11) is 3.55. The Kier molecular flexibility index (Phi) is 8.87. The molecule has 0 saturated carbocycles. The molecule has 42 heavy (non-hydrogen) atoms. The van der Waals surface area contributed by atoms with E-state index in [1.807, 2.05) is 18.2 Å². The second-order valence-electron chi connectivity index (χ2n) is 11.4. The maximum atomic E-state index is 13.1. The van der Waals surface area contributed by atoms with Crippen molar-refractivity contribution in [1.29, 1.82) is 0 Å². The smallest absolute Gasteiger partial charge is 0.411 e. The number of nitrogens with zero attached hydrogens (tertiary/aromatic N) is 4. The van der Waals surface area contributed by atoms with Gasteiger partial charge in [0.05, 0.1) is 23.7 Å². The van der Waals surface area contributed by atoms with E-state index < -0.39 is 6.09 Å². The van der Waals surface area contributed by atoms with Crippen LogP contribution in [0.5, 0.6) is 0 Å². The summed E-state index contributed by atoms with van der Waals surface area (Å²) in [5.74, 6) is 0.874. The van der Waals surface area contributed by atoms with Gasteiger partial charge in [-0.2, -0.15) is 0 Å². The fourth-order valence-corrected chi connectivity index (χ4v) is 5.86. The molecular formula is C33H39N5O4. The number of ether oxygens (including phenoxy) is 1. The number of pyridine rings is 2. The fraction of sp³-hybridized carbons (Fsp3) is 0.394. The number of amides is 2. The van der Waals surface area contributed by atoms with E-state index in [0.29, 0.717) is 17.5 Å². The lowest BCUT2D eigenvalue weighted by Crippen LogP contribution is -2.36. The number of nitrogens with one attached hydrogen (secondary N) is 1. The number of aromatic nitrogens is 2. The van der Waals surface area contributed by atoms with E-state index >= 15 is 0 Å². The number of piperidine rings is 1. The number of anilines is 1. The van der Waals surface area contributed by atoms with Gasteiger partial charge in [-0.05, 0) is 80.9 Å². The molecule has 3 aromatic rings. The second-order valence-corrected chi connectivity index (χ2v) is 11.4. The summed E-state index contributed by atoms with van der Waals surface area (Å²) in [5.41, 5.74) is 6.26. The molecule has 1 fully saturated rings. The first-order valence-corrected chi connectivity index (χ1v) is 14.6. The molecule has 1 N–H and O–H groups in total. The minimum absolute atomic E-state index is 0.0269. The van der Waals surface area contributed by atoms with E-state index in [1.165, 1.54) is 17.2 Å². The molecule has 3 heterocycles. The Hall–Kier alpha value is -4.24. The molecular weight excluding hydrogens is 530 g/mol. The van der Waals surface area contributed by atoms with Gasteiger partial charge in [-0.1, -0.05) is 30.7 Å². The molecule has 5 rings (SSSR count). The monoisotopic (exact) mass is 569 g/mol. The Bertz CT molecular complexity index is 1530. The highest BCUT2D eigenvalue weighted by atomic mass is 16.5. The van der Waals surface area contributed by atoms with E-state index in [0.717, 1.165) is 61.4 Å². The van der Waals surface area contributed by atoms with Crippen LogP contribution in [0.2, 0.25) is 0 Å². The molecule has 220 valence electrons. The van der Waals surface area contributed by atoms with Gasteiger partial charge in [-0.25, -0.2) is 4.79 Å². The molecule has 2 amide bonds. The van der Waals surface area contributed by atoms with Gasteiger partial charge >= 0.3 is 6.09 Å². The summed E-state index contributed by atoms with van der Waals surface area (Å²) in [6, 6.07) is 13.1. The third-order valence-corrected chi connectivity index (χ3v) is 8.24. The standard InChI is InChI=1S/C33H39N5O4/c1-5-42-33(41)35-27-13-17-38(31(39)20-27)30-10-14-34-29-18-22(2)26(19-28(29)30)21-37-15-11-24(12-16-37)23-6-8-25(9-7-23)32(40)36(3)4/h6-10,13-14,17,19-20,22,24H,5,11-12,15-16,18,21H2,1-4H3,(H,35,41). The molecule has 1 atom stereocenters. The predicted molar refractivity (Wildman–Crippen MR) is 164 cm³/mol. The highest BCUT2D eigenvalue weighted by Gasteiger charge is 2.26. The summed E-state index contributed by atoms with van der Waals surface area (Å²) in [5, 5.41) is 2.59. The molecule has 0 bridgehead atoms. The van der Waals surface area contributed by atoms with Crippen LogP contribution in [0.4, 0.5) is 10.5 Å². The highest BCUT2D eigenvalue weighted by molar-refractivity contribution is 5.93. The van der Waals surface area contributed by atoms with Gasteiger partial charge in [-0.15, -0.1) is 0 Å². The van der Waals surface area contributed by atoms with Gasteiger partial charge < -0.3 is 9.64 Å². The van der Waals surface area contributed by atoms with Crippen LogP contribution < -0.4 is 10.9 Å². The summed E-state index contributed by atoms with van der Waals surface area (Å²) in [4.78, 5) is 45.8. The topological polar surface area (TPSA) is 96.8 Å². The van der Waals surface area contributed by atoms with Crippen molar-refractivity contribution in [2.45, 2.75) is 39.0 Å². The van der Waals surface area contributed by atoms with Gasteiger partial charge in [0.1, 0.15) is 0 Å². The second kappa shape index (κ2) is 12.7. The molecule has 1 aliphatic carbocycles. The summed E-state index contributed by atoms with van der Waals surface area (Å²) >= 11 is 0. The number of carbonyl (C=O) groups is 2. The van der Waals surface area contributed by atoms with Crippen molar-refractivity contribution in [1.82, 2.24) is 19.4 Å². The predicted octanol–water partition coefficient (Wildman–Crippen LogP) is 4.96. The molecule has 1 aromatic carbocycles. The van der Waals surface area contributed by atoms with E-state index in [4.69, 9.17) is 4.74 Å². The number of benzene rings is 1. The first kappa shape index (κ1) is 29.3. The minimum Gasteiger partial charge on any atom is -0.450 e. The molecule has 0 radical (unpaired) electrons. The summed E-state index contributed by atoms with van der Waals surface area (Å²) in [6.45, 7) is 7.13. The quantitative estimate of drug-likeness (QED) is 0.432. The van der Waals surface area contributed by atoms with Crippen LogP contribution in [0, 0.1) is 5.92 Å². The average molecular weight is 570 g/mol. The maximum absolute atomic E-state index is 13.1. The molecule has 2 aliphatic rings. The lowest BCUT2D eigenvalue weighted by molar-refractivity contribution is 0.0827. The number of rotatable bonds is 7. The van der Waals surface area contributed by atoms with Crippen LogP contribution in [0.25, 0.3) is 11.8 Å². The van der Waals surface area contributed by atoms with Crippen molar-refractivity contribution in [3.05, 3.63) is 93.2 Å². The molecule has 1 unspecified atom stereocenters. The lowest BCUT2D eigenvalue weighted by atomic mass is 9.85. The van der Waals surface area contributed by atoms with Crippen molar-refractivity contribution in [2.75, 3.05) is 45.7 Å². The van der Waals surface area contributed by atoms with Crippen molar-refractivity contribution < 1.29 is 14.3 Å². The zero-order valence-corrected chi connectivity index (χ0v) is 24.8. The summed E-state index contributed by atoms with van der Waals surface area (Å²) < 4.78 is 6.52. The third-order valence-electron chi connectivity index (χ3n) is 8.24. The molecule has 1 aliphatic heterocycles. The minimum atomic E-state index is -0.587. The van der Waals surface area contributed by atoms with Crippen LogP contribution in [0.1, 0.15) is 59.8 Å². The first-order valence-electron chi connectivity index (χ1n) is 14.6. The molecule has 9 heteroatoms. The van der Waals surface area contributed by atoms with Crippen LogP contribution in [-0.4, -0.2) is 71.7 Å². The zero-order chi connectivity index (χ0) is 29.8. The number of hydrogen-bond donors (Lipinski definition) is 1. The van der Waals surface area contributed by atoms with Gasteiger partial charge in [-0.3, -0.25) is 29.4 Å². The van der Waals surface area contributed by atoms with Gasteiger partial charge in [0.15, 0.2) is 0 Å². The number of fused-ring (bicyclic) bond motifs is 1. The van der Waals surface area contributed by atoms with E-state index in [1.54, 1.807) is 48.9 Å². The average Bonchev–Trinajstić information content (AvgIpc) is 2.98. The van der Waals surface area contributed by atoms with Crippen molar-refractivity contribution in [3.63, 3.8) is 0 Å². The SMILES string of the molecule is CCOC(=O)Nc1ccn(-c2ccnc3c2C=C(CN2CCC(c4ccc(C(=O)N(C)C)cc4)CC2)C(C)C3)c(=O)c1. The van der Waals surface area contributed by atoms with Crippen molar-refractivity contribution in [2.24, 2.45) is 5.92 Å². The van der Waals surface area contributed by atoms with Gasteiger partial charge in [0, 0.05) is 50.2 Å². The molecule has 0 spiro atoms. The van der Waals surface area contributed by atoms with Crippen LogP contribution in [-0.2, 0) is 11.2 Å². The third kappa shape index (κ3) is 6.46. The molecule has 1 saturated heterocycles. The van der Waals surface area contributed by atoms with Crippen molar-refractivity contribution >= 4 is 23.8 Å². The zero-order valence-electron chi connectivity index (χ0n) is 24.8. The first-order chi connectivity index (χ1) is 20.2. The van der Waals surface area contributed by atoms with Crippen molar-refractivity contribution in [3.8, 4) is 5.69 Å². The van der Waals surface area contributed by atoms with Crippen LogP contribution in [0.3, 0.4) is 0 Å². The largest absolute Gasteiger partial charge is 0.450 e. The van der Waals surface area contributed by atoms with Crippen LogP contribution >= 0.6 is 0 Å². The molecule has 2 aromatic heterocycles. The Morgan fingerprint density at radius 2 is 1.83 bits per heavy atom. The Morgan fingerprint density at radius 1 is 1.10 bits per heavy atom. The Balaban J connectivity index is 1.28. The fourth-order valence-electron chi connectivity index (χ4n) is 5.86. The lowest BCUT2D eigenvalue weighted by Gasteiger charge is -2.35. The van der Waals surface area contributed by atoms with E-state index in [-0.39, 0.29) is 18.1 Å².